The van der Waals surface area contributed by atoms with Crippen molar-refractivity contribution in [1.82, 2.24) is 4.72 Å². The van der Waals surface area contributed by atoms with Crippen LogP contribution in [0.3, 0.4) is 0 Å². The second-order valence-electron chi connectivity index (χ2n) is 4.06. The Balaban J connectivity index is 2.01. The number of rotatable bonds is 3. The first-order chi connectivity index (χ1) is 7.96. The molecule has 2 rings (SSSR count). The summed E-state index contributed by atoms with van der Waals surface area (Å²) in [6.45, 7) is 0. The largest absolute Gasteiger partial charge is 0.399 e. The molecule has 1 aromatic carbocycles. The molecule has 7 heteroatoms. The Morgan fingerprint density at radius 3 is 2.47 bits per heavy atom. The molecule has 2 atom stereocenters. The van der Waals surface area contributed by atoms with Crippen LogP contribution in [-0.2, 0) is 20.8 Å². The molecule has 0 aliphatic carbocycles. The van der Waals surface area contributed by atoms with Crippen LogP contribution in [0.4, 0.5) is 5.69 Å². The molecule has 0 radical (unpaired) electrons. The molecule has 0 amide bonds. The van der Waals surface area contributed by atoms with Crippen molar-refractivity contribution in [3.8, 4) is 0 Å². The third-order valence-corrected chi connectivity index (χ3v) is 5.62. The molecule has 17 heavy (non-hydrogen) atoms. The van der Waals surface area contributed by atoms with Crippen molar-refractivity contribution in [2.75, 3.05) is 17.2 Å². The second-order valence-corrected chi connectivity index (χ2v) is 7.53. The molecule has 3 N–H and O–H groups in total. The van der Waals surface area contributed by atoms with Gasteiger partial charge in [-0.1, -0.05) is 0 Å². The molecule has 5 nitrogen and oxygen atoms in total. The van der Waals surface area contributed by atoms with Crippen LogP contribution in [-0.4, -0.2) is 30.2 Å². The molecule has 1 aliphatic rings. The minimum atomic E-state index is -2.95. The van der Waals surface area contributed by atoms with Crippen LogP contribution in [0.2, 0.25) is 0 Å². The summed E-state index contributed by atoms with van der Waals surface area (Å²) < 4.78 is 37.2. The maximum Gasteiger partial charge on any atom is 0.151 e. The topological polar surface area (TPSA) is 89.3 Å². The lowest BCUT2D eigenvalue weighted by atomic mass is 10.3. The summed E-state index contributed by atoms with van der Waals surface area (Å²) in [4.78, 5) is 0.600. The Hall–Kier alpha value is -0.920. The zero-order valence-electron chi connectivity index (χ0n) is 9.13. The first-order valence-corrected chi connectivity index (χ1v) is 8.17. The highest BCUT2D eigenvalue weighted by Gasteiger charge is 2.28. The van der Waals surface area contributed by atoms with Crippen LogP contribution >= 0.6 is 0 Å². The maximum atomic E-state index is 11.9. The number of anilines is 1. The van der Waals surface area contributed by atoms with E-state index in [1.807, 2.05) is 0 Å². The van der Waals surface area contributed by atoms with Crippen LogP contribution in [0, 0.1) is 0 Å². The van der Waals surface area contributed by atoms with Gasteiger partial charge >= 0.3 is 0 Å². The summed E-state index contributed by atoms with van der Waals surface area (Å²) in [5.74, 6) is 0.233. The molecule has 94 valence electrons. The van der Waals surface area contributed by atoms with Crippen molar-refractivity contribution in [2.24, 2.45) is 0 Å². The molecule has 1 heterocycles. The molecular weight excluding hydrogens is 260 g/mol. The lowest BCUT2D eigenvalue weighted by Crippen LogP contribution is -2.31. The normalized spacial score (nSPS) is 24.6. The predicted octanol–water partition coefficient (Wildman–Crippen LogP) is 0.0681. The SMILES string of the molecule is Nc1ccc(S(=O)NC2CCS(=O)(=O)C2)cc1. The standard InChI is InChI=1S/C10H14N2O3S2/c11-8-1-3-10(4-2-8)16(13)12-9-5-6-17(14,15)7-9/h1-4,9,12H,5-7,11H2. The maximum absolute atomic E-state index is 11.9. The van der Waals surface area contributed by atoms with E-state index >= 15 is 0 Å². The summed E-state index contributed by atoms with van der Waals surface area (Å²) in [6.07, 6.45) is 0.517. The van der Waals surface area contributed by atoms with E-state index in [4.69, 9.17) is 5.73 Å². The van der Waals surface area contributed by atoms with Gasteiger partial charge in [-0.2, -0.15) is 0 Å². The van der Waals surface area contributed by atoms with E-state index in [1.54, 1.807) is 24.3 Å². The van der Waals surface area contributed by atoms with Crippen molar-refractivity contribution >= 4 is 26.5 Å². The van der Waals surface area contributed by atoms with Gasteiger partial charge in [-0.05, 0) is 30.7 Å². The molecule has 0 bridgehead atoms. The molecule has 0 saturated carbocycles. The second kappa shape index (κ2) is 4.75. The lowest BCUT2D eigenvalue weighted by molar-refractivity contribution is 0.600. The number of hydrogen-bond acceptors (Lipinski definition) is 4. The van der Waals surface area contributed by atoms with Gasteiger partial charge in [0.05, 0.1) is 16.4 Å². The number of nitrogens with one attached hydrogen (secondary N) is 1. The minimum absolute atomic E-state index is 0.0632. The number of benzene rings is 1. The quantitative estimate of drug-likeness (QED) is 0.763. The van der Waals surface area contributed by atoms with Gasteiger partial charge in [-0.25, -0.2) is 17.3 Å². The molecule has 1 saturated heterocycles. The van der Waals surface area contributed by atoms with E-state index in [1.165, 1.54) is 0 Å². The lowest BCUT2D eigenvalue weighted by Gasteiger charge is -2.09. The van der Waals surface area contributed by atoms with Crippen molar-refractivity contribution < 1.29 is 12.6 Å². The molecule has 1 aliphatic heterocycles. The summed E-state index contributed by atoms with van der Waals surface area (Å²) in [7, 11) is -4.33. The Kier molecular flexibility index (Phi) is 3.50. The van der Waals surface area contributed by atoms with Gasteiger partial charge in [0.25, 0.3) is 0 Å². The van der Waals surface area contributed by atoms with E-state index in [0.717, 1.165) is 0 Å². The van der Waals surface area contributed by atoms with Crippen LogP contribution < -0.4 is 10.5 Å². The molecule has 0 spiro atoms. The fraction of sp³-hybridized carbons (Fsp3) is 0.400. The summed E-state index contributed by atoms with van der Waals surface area (Å²) >= 11 is 0. The number of nitrogens with two attached hydrogens (primary N) is 1. The van der Waals surface area contributed by atoms with Crippen molar-refractivity contribution in [1.29, 1.82) is 0 Å². The minimum Gasteiger partial charge on any atom is -0.399 e. The third kappa shape index (κ3) is 3.27. The van der Waals surface area contributed by atoms with E-state index in [9.17, 15) is 12.6 Å². The van der Waals surface area contributed by atoms with Gasteiger partial charge in [0, 0.05) is 11.7 Å². The van der Waals surface area contributed by atoms with Gasteiger partial charge in [0.2, 0.25) is 0 Å². The van der Waals surface area contributed by atoms with E-state index in [2.05, 4.69) is 4.72 Å². The highest BCUT2D eigenvalue weighted by Crippen LogP contribution is 2.14. The van der Waals surface area contributed by atoms with E-state index < -0.39 is 20.8 Å². The first kappa shape index (κ1) is 12.5. The first-order valence-electron chi connectivity index (χ1n) is 5.20. The molecule has 0 aromatic heterocycles. The van der Waals surface area contributed by atoms with Gasteiger partial charge < -0.3 is 5.73 Å². The molecular formula is C10H14N2O3S2. The summed E-state index contributed by atoms with van der Waals surface area (Å²) in [5, 5.41) is 0. The zero-order valence-corrected chi connectivity index (χ0v) is 10.8. The smallest absolute Gasteiger partial charge is 0.151 e. The fourth-order valence-corrected chi connectivity index (χ4v) is 4.50. The summed E-state index contributed by atoms with van der Waals surface area (Å²) in [5.41, 5.74) is 6.13. The third-order valence-electron chi connectivity index (χ3n) is 2.60. The molecule has 1 fully saturated rings. The van der Waals surface area contributed by atoms with E-state index in [0.29, 0.717) is 17.0 Å². The zero-order chi connectivity index (χ0) is 12.5. The Morgan fingerprint density at radius 2 is 1.94 bits per heavy atom. The highest BCUT2D eigenvalue weighted by molar-refractivity contribution is 7.91. The van der Waals surface area contributed by atoms with Crippen molar-refractivity contribution in [2.45, 2.75) is 17.4 Å². The number of sulfone groups is 1. The Labute approximate surface area is 103 Å². The van der Waals surface area contributed by atoms with Crippen LogP contribution in [0.1, 0.15) is 6.42 Å². The van der Waals surface area contributed by atoms with Gasteiger partial charge in [-0.3, -0.25) is 0 Å². The average Bonchev–Trinajstić information content (AvgIpc) is 2.59. The van der Waals surface area contributed by atoms with Crippen LogP contribution in [0.5, 0.6) is 0 Å². The Morgan fingerprint density at radius 1 is 1.29 bits per heavy atom. The molecule has 1 aromatic rings. The van der Waals surface area contributed by atoms with Gasteiger partial charge in [0.15, 0.2) is 9.84 Å². The predicted molar refractivity (Wildman–Crippen MR) is 67.5 cm³/mol. The fourth-order valence-electron chi connectivity index (χ4n) is 1.70. The van der Waals surface area contributed by atoms with Crippen molar-refractivity contribution in [3.05, 3.63) is 24.3 Å². The van der Waals surface area contributed by atoms with Gasteiger partial charge in [0.1, 0.15) is 11.0 Å². The monoisotopic (exact) mass is 274 g/mol. The average molecular weight is 274 g/mol. The number of nitrogen functional groups attached to an aromatic ring is 1. The molecule has 2 unspecified atom stereocenters. The van der Waals surface area contributed by atoms with E-state index in [-0.39, 0.29) is 17.5 Å². The van der Waals surface area contributed by atoms with Crippen molar-refractivity contribution in [3.63, 3.8) is 0 Å². The summed E-state index contributed by atoms with van der Waals surface area (Å²) in [6, 6.07) is 6.45. The van der Waals surface area contributed by atoms with Gasteiger partial charge in [-0.15, -0.1) is 0 Å². The van der Waals surface area contributed by atoms with Crippen LogP contribution in [0.15, 0.2) is 29.2 Å². The Bertz CT molecular complexity index is 525. The highest BCUT2D eigenvalue weighted by atomic mass is 32.2. The number of hydrogen-bond donors (Lipinski definition) is 2. The van der Waals surface area contributed by atoms with Crippen LogP contribution in [0.25, 0.3) is 0 Å².